The number of aromatic nitrogens is 4. The van der Waals surface area contributed by atoms with E-state index in [0.29, 0.717) is 5.82 Å². The van der Waals surface area contributed by atoms with Gasteiger partial charge < -0.3 is 10.3 Å². The average molecular weight is 205 g/mol. The highest BCUT2D eigenvalue weighted by atomic mass is 15.3. The monoisotopic (exact) mass is 205 g/mol. The molecule has 0 unspecified atom stereocenters. The Labute approximate surface area is 88.5 Å². The minimum atomic E-state index is 0.672. The third-order valence-corrected chi connectivity index (χ3v) is 2.34. The van der Waals surface area contributed by atoms with E-state index in [9.17, 15) is 0 Å². The van der Waals surface area contributed by atoms with Crippen molar-refractivity contribution in [1.82, 2.24) is 19.3 Å². The summed E-state index contributed by atoms with van der Waals surface area (Å²) < 4.78 is 3.70. The van der Waals surface area contributed by atoms with Gasteiger partial charge in [-0.25, -0.2) is 4.98 Å². The van der Waals surface area contributed by atoms with Gasteiger partial charge >= 0.3 is 0 Å². The quantitative estimate of drug-likeness (QED) is 0.821. The Balaban J connectivity index is 2.33. The number of aryl methyl sites for hydroxylation is 2. The maximum atomic E-state index is 5.88. The number of nitrogens with two attached hydrogens (primary N) is 1. The van der Waals surface area contributed by atoms with Crippen molar-refractivity contribution >= 4 is 5.82 Å². The van der Waals surface area contributed by atoms with Crippen molar-refractivity contribution in [3.05, 3.63) is 18.7 Å². The van der Waals surface area contributed by atoms with Gasteiger partial charge in [0.2, 0.25) is 0 Å². The van der Waals surface area contributed by atoms with E-state index in [0.717, 1.165) is 24.2 Å². The second-order valence-corrected chi connectivity index (χ2v) is 3.58. The van der Waals surface area contributed by atoms with Crippen LogP contribution >= 0.6 is 0 Å². The second-order valence-electron chi connectivity index (χ2n) is 3.58. The first-order valence-corrected chi connectivity index (χ1v) is 5.02. The molecule has 80 valence electrons. The molecule has 0 bridgehead atoms. The van der Waals surface area contributed by atoms with Crippen molar-refractivity contribution < 1.29 is 0 Å². The molecule has 0 saturated heterocycles. The van der Waals surface area contributed by atoms with Gasteiger partial charge in [0.05, 0.1) is 12.5 Å². The normalized spacial score (nSPS) is 10.8. The van der Waals surface area contributed by atoms with E-state index in [2.05, 4.69) is 17.0 Å². The Hall–Kier alpha value is -1.78. The van der Waals surface area contributed by atoms with Gasteiger partial charge in [-0.1, -0.05) is 6.92 Å². The Kier molecular flexibility index (Phi) is 2.45. The largest absolute Gasteiger partial charge is 0.383 e. The third-order valence-electron chi connectivity index (χ3n) is 2.34. The number of hydrogen-bond donors (Lipinski definition) is 1. The van der Waals surface area contributed by atoms with Crippen molar-refractivity contribution in [3.8, 4) is 11.3 Å². The zero-order valence-electron chi connectivity index (χ0n) is 9.01. The summed E-state index contributed by atoms with van der Waals surface area (Å²) in [5, 5.41) is 4.24. The molecule has 5 nitrogen and oxygen atoms in total. The Morgan fingerprint density at radius 1 is 1.47 bits per heavy atom. The second kappa shape index (κ2) is 3.76. The molecule has 0 saturated carbocycles. The molecule has 0 radical (unpaired) electrons. The Morgan fingerprint density at radius 2 is 2.27 bits per heavy atom. The van der Waals surface area contributed by atoms with Crippen molar-refractivity contribution in [1.29, 1.82) is 0 Å². The van der Waals surface area contributed by atoms with Gasteiger partial charge in [-0.05, 0) is 6.42 Å². The van der Waals surface area contributed by atoms with E-state index in [-0.39, 0.29) is 0 Å². The fraction of sp³-hybridized carbons (Fsp3) is 0.400. The van der Waals surface area contributed by atoms with Gasteiger partial charge in [-0.15, -0.1) is 0 Å². The van der Waals surface area contributed by atoms with Crippen molar-refractivity contribution in [3.63, 3.8) is 0 Å². The summed E-state index contributed by atoms with van der Waals surface area (Å²) in [6.45, 7) is 3.04. The van der Waals surface area contributed by atoms with Crippen LogP contribution in [0, 0.1) is 0 Å². The molecular formula is C10H15N5. The van der Waals surface area contributed by atoms with Gasteiger partial charge in [0.1, 0.15) is 11.5 Å². The SMILES string of the molecule is CCCn1cc(-c2ncn(C)c2N)cn1. The predicted molar refractivity (Wildman–Crippen MR) is 59.1 cm³/mol. The van der Waals surface area contributed by atoms with Crippen LogP contribution in [0.1, 0.15) is 13.3 Å². The van der Waals surface area contributed by atoms with Gasteiger partial charge in [0.25, 0.3) is 0 Å². The van der Waals surface area contributed by atoms with Crippen LogP contribution in [-0.4, -0.2) is 19.3 Å². The Bertz CT molecular complexity index is 454. The van der Waals surface area contributed by atoms with Crippen LogP contribution in [0.25, 0.3) is 11.3 Å². The number of nitrogens with zero attached hydrogens (tertiary/aromatic N) is 4. The number of hydrogen-bond acceptors (Lipinski definition) is 3. The topological polar surface area (TPSA) is 61.7 Å². The first-order chi connectivity index (χ1) is 7.22. The molecule has 2 N–H and O–H groups in total. The lowest BCUT2D eigenvalue weighted by Gasteiger charge is -1.97. The number of nitrogen functional groups attached to an aromatic ring is 1. The van der Waals surface area contributed by atoms with Crippen LogP contribution in [0.15, 0.2) is 18.7 Å². The summed E-state index contributed by atoms with van der Waals surface area (Å²) in [7, 11) is 1.88. The first kappa shape index (κ1) is 9.76. The van der Waals surface area contributed by atoms with E-state index in [1.54, 1.807) is 17.1 Å². The minimum absolute atomic E-state index is 0.672. The standard InChI is InChI=1S/C10H15N5/c1-3-4-15-6-8(5-13-15)9-10(11)14(2)7-12-9/h5-7H,3-4,11H2,1-2H3. The summed E-state index contributed by atoms with van der Waals surface area (Å²) in [6, 6.07) is 0. The maximum absolute atomic E-state index is 5.88. The molecule has 0 spiro atoms. The summed E-state index contributed by atoms with van der Waals surface area (Å²) in [4.78, 5) is 4.24. The van der Waals surface area contributed by atoms with Gasteiger partial charge in [0.15, 0.2) is 0 Å². The highest BCUT2D eigenvalue weighted by Gasteiger charge is 2.09. The molecule has 0 aromatic carbocycles. The molecule has 0 aliphatic carbocycles. The van der Waals surface area contributed by atoms with Crippen LogP contribution < -0.4 is 5.73 Å². The van der Waals surface area contributed by atoms with E-state index in [1.165, 1.54) is 0 Å². The molecule has 5 heteroatoms. The van der Waals surface area contributed by atoms with Crippen LogP contribution in [0.2, 0.25) is 0 Å². The van der Waals surface area contributed by atoms with E-state index in [4.69, 9.17) is 5.73 Å². The summed E-state index contributed by atoms with van der Waals surface area (Å²) in [5.74, 6) is 0.672. The molecule has 2 rings (SSSR count). The van der Waals surface area contributed by atoms with Gasteiger partial charge in [-0.2, -0.15) is 5.10 Å². The zero-order valence-corrected chi connectivity index (χ0v) is 9.01. The molecule has 0 atom stereocenters. The van der Waals surface area contributed by atoms with E-state index in [1.807, 2.05) is 17.9 Å². The average Bonchev–Trinajstić information content (AvgIpc) is 2.77. The third kappa shape index (κ3) is 1.72. The molecular weight excluding hydrogens is 190 g/mol. The van der Waals surface area contributed by atoms with Crippen LogP contribution in [0.3, 0.4) is 0 Å². The molecule has 0 amide bonds. The lowest BCUT2D eigenvalue weighted by Crippen LogP contribution is -1.96. The fourth-order valence-corrected chi connectivity index (χ4v) is 1.50. The van der Waals surface area contributed by atoms with E-state index < -0.39 is 0 Å². The van der Waals surface area contributed by atoms with Crippen molar-refractivity contribution in [2.75, 3.05) is 5.73 Å². The van der Waals surface area contributed by atoms with Crippen LogP contribution in [-0.2, 0) is 13.6 Å². The zero-order chi connectivity index (χ0) is 10.8. The molecule has 0 aliphatic heterocycles. The van der Waals surface area contributed by atoms with Gasteiger partial charge in [-0.3, -0.25) is 4.68 Å². The maximum Gasteiger partial charge on any atom is 0.131 e. The Morgan fingerprint density at radius 3 is 2.87 bits per heavy atom. The van der Waals surface area contributed by atoms with Crippen LogP contribution in [0.4, 0.5) is 5.82 Å². The lowest BCUT2D eigenvalue weighted by molar-refractivity contribution is 0.603. The van der Waals surface area contributed by atoms with E-state index >= 15 is 0 Å². The highest BCUT2D eigenvalue weighted by molar-refractivity contribution is 5.69. The van der Waals surface area contributed by atoms with Crippen molar-refractivity contribution in [2.45, 2.75) is 19.9 Å². The minimum Gasteiger partial charge on any atom is -0.383 e. The van der Waals surface area contributed by atoms with Gasteiger partial charge in [0, 0.05) is 25.4 Å². The molecule has 2 aromatic rings. The smallest absolute Gasteiger partial charge is 0.131 e. The summed E-state index contributed by atoms with van der Waals surface area (Å²) in [5.41, 5.74) is 7.66. The predicted octanol–water partition coefficient (Wildman–Crippen LogP) is 1.28. The van der Waals surface area contributed by atoms with Crippen molar-refractivity contribution in [2.24, 2.45) is 7.05 Å². The molecule has 2 aromatic heterocycles. The number of imidazole rings is 1. The van der Waals surface area contributed by atoms with Crippen LogP contribution in [0.5, 0.6) is 0 Å². The lowest BCUT2D eigenvalue weighted by atomic mass is 10.2. The number of anilines is 1. The molecule has 2 heterocycles. The summed E-state index contributed by atoms with van der Waals surface area (Å²) >= 11 is 0. The highest BCUT2D eigenvalue weighted by Crippen LogP contribution is 2.22. The fourth-order valence-electron chi connectivity index (χ4n) is 1.50. The summed E-state index contributed by atoms with van der Waals surface area (Å²) in [6.07, 6.45) is 6.55. The molecule has 0 aliphatic rings. The molecule has 15 heavy (non-hydrogen) atoms. The first-order valence-electron chi connectivity index (χ1n) is 5.02. The number of rotatable bonds is 3. The molecule has 0 fully saturated rings.